The van der Waals surface area contributed by atoms with Crippen LogP contribution < -0.4 is 0 Å². The molecule has 1 heterocycles. The summed E-state index contributed by atoms with van der Waals surface area (Å²) in [6, 6.07) is 0.653. The third-order valence-electron chi connectivity index (χ3n) is 3.03. The van der Waals surface area contributed by atoms with Crippen LogP contribution in [0.2, 0.25) is 0 Å². The Morgan fingerprint density at radius 3 is 2.85 bits per heavy atom. The van der Waals surface area contributed by atoms with Gasteiger partial charge < -0.3 is 0 Å². The van der Waals surface area contributed by atoms with Gasteiger partial charge in [-0.05, 0) is 13.3 Å². The third-order valence-corrected chi connectivity index (χ3v) is 3.03. The molecule has 0 radical (unpaired) electrons. The van der Waals surface area contributed by atoms with Gasteiger partial charge in [0.05, 0.1) is 0 Å². The van der Waals surface area contributed by atoms with Crippen molar-refractivity contribution in [1.82, 2.24) is 4.90 Å². The van der Waals surface area contributed by atoms with Crippen molar-refractivity contribution in [1.29, 1.82) is 0 Å². The van der Waals surface area contributed by atoms with Crippen LogP contribution in [0, 0.1) is 5.92 Å². The van der Waals surface area contributed by atoms with Gasteiger partial charge in [-0.3, -0.25) is 9.69 Å². The fourth-order valence-corrected chi connectivity index (χ4v) is 2.05. The maximum atomic E-state index is 11.3. The normalized spacial score (nSPS) is 27.6. The lowest BCUT2D eigenvalue weighted by Crippen LogP contribution is -2.44. The van der Waals surface area contributed by atoms with Gasteiger partial charge in [-0.2, -0.15) is 0 Å². The highest BCUT2D eigenvalue weighted by molar-refractivity contribution is 5.81. The van der Waals surface area contributed by atoms with Crippen LogP contribution in [0.15, 0.2) is 0 Å². The first kappa shape index (κ1) is 10.7. The molecule has 0 aromatic heterocycles. The van der Waals surface area contributed by atoms with Gasteiger partial charge in [0.1, 0.15) is 5.78 Å². The quantitative estimate of drug-likeness (QED) is 0.667. The minimum atomic E-state index is 0.257. The van der Waals surface area contributed by atoms with E-state index >= 15 is 0 Å². The summed E-state index contributed by atoms with van der Waals surface area (Å²) < 4.78 is 0. The van der Waals surface area contributed by atoms with Crippen molar-refractivity contribution in [2.75, 3.05) is 13.1 Å². The maximum absolute atomic E-state index is 11.3. The summed E-state index contributed by atoms with van der Waals surface area (Å²) in [5.41, 5.74) is 0. The molecule has 2 heteroatoms. The minimum absolute atomic E-state index is 0.257. The Bertz CT molecular complexity index is 179. The van der Waals surface area contributed by atoms with E-state index in [0.29, 0.717) is 11.8 Å². The van der Waals surface area contributed by atoms with Gasteiger partial charge in [-0.1, -0.05) is 20.3 Å². The monoisotopic (exact) mass is 183 g/mol. The molecule has 1 aliphatic heterocycles. The van der Waals surface area contributed by atoms with E-state index in [-0.39, 0.29) is 5.92 Å². The van der Waals surface area contributed by atoms with E-state index in [0.717, 1.165) is 19.5 Å². The second kappa shape index (κ2) is 4.75. The Morgan fingerprint density at radius 2 is 2.31 bits per heavy atom. The van der Waals surface area contributed by atoms with Crippen LogP contribution in [0.25, 0.3) is 0 Å². The topological polar surface area (TPSA) is 20.3 Å². The van der Waals surface area contributed by atoms with E-state index in [1.54, 1.807) is 0 Å². The Balaban J connectivity index is 2.40. The van der Waals surface area contributed by atoms with Crippen molar-refractivity contribution in [3.63, 3.8) is 0 Å². The standard InChI is InChI=1S/C11H21NO/c1-4-5-10(3)12-7-6-11(13)9(2)8-12/h9-10H,4-8H2,1-3H3. The molecule has 1 rings (SSSR count). The first-order chi connectivity index (χ1) is 6.15. The van der Waals surface area contributed by atoms with Gasteiger partial charge in [0.2, 0.25) is 0 Å². The average Bonchev–Trinajstić information content (AvgIpc) is 2.10. The molecule has 0 amide bonds. The Labute approximate surface area is 81.3 Å². The predicted molar refractivity (Wildman–Crippen MR) is 54.7 cm³/mol. The molecular formula is C11H21NO. The number of ketones is 1. The lowest BCUT2D eigenvalue weighted by Gasteiger charge is -2.34. The van der Waals surface area contributed by atoms with Crippen molar-refractivity contribution in [3.05, 3.63) is 0 Å². The van der Waals surface area contributed by atoms with Crippen molar-refractivity contribution < 1.29 is 4.79 Å². The molecule has 2 atom stereocenters. The molecule has 13 heavy (non-hydrogen) atoms. The van der Waals surface area contributed by atoms with E-state index < -0.39 is 0 Å². The fraction of sp³-hybridized carbons (Fsp3) is 0.909. The predicted octanol–water partition coefficient (Wildman–Crippen LogP) is 2.09. The molecule has 76 valence electrons. The highest BCUT2D eigenvalue weighted by Crippen LogP contribution is 2.16. The number of hydrogen-bond acceptors (Lipinski definition) is 2. The first-order valence-corrected chi connectivity index (χ1v) is 5.42. The Hall–Kier alpha value is -0.370. The summed E-state index contributed by atoms with van der Waals surface area (Å²) in [5.74, 6) is 0.702. The Kier molecular flexibility index (Phi) is 3.91. The average molecular weight is 183 g/mol. The molecule has 0 saturated carbocycles. The molecule has 1 aliphatic rings. The molecular weight excluding hydrogens is 162 g/mol. The van der Waals surface area contributed by atoms with Crippen LogP contribution >= 0.6 is 0 Å². The number of likely N-dealkylation sites (tertiary alicyclic amines) is 1. The van der Waals surface area contributed by atoms with Crippen LogP contribution in [-0.4, -0.2) is 29.8 Å². The summed E-state index contributed by atoms with van der Waals surface area (Å²) in [7, 11) is 0. The fourth-order valence-electron chi connectivity index (χ4n) is 2.05. The SMILES string of the molecule is CCCC(C)N1CCC(=O)C(C)C1. The molecule has 1 fully saturated rings. The van der Waals surface area contributed by atoms with Crippen LogP contribution in [0.5, 0.6) is 0 Å². The van der Waals surface area contributed by atoms with E-state index in [2.05, 4.69) is 18.7 Å². The van der Waals surface area contributed by atoms with Crippen molar-refractivity contribution >= 4 is 5.78 Å². The van der Waals surface area contributed by atoms with Gasteiger partial charge in [0.25, 0.3) is 0 Å². The largest absolute Gasteiger partial charge is 0.300 e. The second-order valence-electron chi connectivity index (χ2n) is 4.25. The van der Waals surface area contributed by atoms with Crippen molar-refractivity contribution in [3.8, 4) is 0 Å². The number of hydrogen-bond donors (Lipinski definition) is 0. The zero-order chi connectivity index (χ0) is 9.84. The minimum Gasteiger partial charge on any atom is -0.300 e. The second-order valence-corrected chi connectivity index (χ2v) is 4.25. The number of rotatable bonds is 3. The smallest absolute Gasteiger partial charge is 0.138 e. The molecule has 2 nitrogen and oxygen atoms in total. The molecule has 0 bridgehead atoms. The van der Waals surface area contributed by atoms with E-state index in [9.17, 15) is 4.79 Å². The summed E-state index contributed by atoms with van der Waals surface area (Å²) in [5, 5.41) is 0. The van der Waals surface area contributed by atoms with Gasteiger partial charge in [0, 0.05) is 31.5 Å². The maximum Gasteiger partial charge on any atom is 0.138 e. The number of Topliss-reactive ketones (excluding diaryl/α,β-unsaturated/α-hetero) is 1. The van der Waals surface area contributed by atoms with E-state index in [1.807, 2.05) is 6.92 Å². The van der Waals surface area contributed by atoms with Gasteiger partial charge >= 0.3 is 0 Å². The number of nitrogens with zero attached hydrogens (tertiary/aromatic N) is 1. The lowest BCUT2D eigenvalue weighted by atomic mass is 9.96. The zero-order valence-corrected chi connectivity index (χ0v) is 9.05. The number of carbonyl (C=O) groups is 1. The van der Waals surface area contributed by atoms with Gasteiger partial charge in [-0.15, -0.1) is 0 Å². The Morgan fingerprint density at radius 1 is 1.62 bits per heavy atom. The van der Waals surface area contributed by atoms with Crippen LogP contribution in [-0.2, 0) is 4.79 Å². The van der Waals surface area contributed by atoms with Crippen LogP contribution in [0.4, 0.5) is 0 Å². The molecule has 2 unspecified atom stereocenters. The van der Waals surface area contributed by atoms with Gasteiger partial charge in [-0.25, -0.2) is 0 Å². The highest BCUT2D eigenvalue weighted by Gasteiger charge is 2.25. The molecule has 1 saturated heterocycles. The molecule has 0 aromatic carbocycles. The summed E-state index contributed by atoms with van der Waals surface area (Å²) >= 11 is 0. The number of piperidine rings is 1. The molecule has 0 aromatic rings. The zero-order valence-electron chi connectivity index (χ0n) is 9.05. The number of carbonyl (C=O) groups excluding carboxylic acids is 1. The van der Waals surface area contributed by atoms with Crippen molar-refractivity contribution in [2.45, 2.75) is 46.1 Å². The molecule has 0 N–H and O–H groups in total. The van der Waals surface area contributed by atoms with E-state index in [1.165, 1.54) is 12.8 Å². The van der Waals surface area contributed by atoms with E-state index in [4.69, 9.17) is 0 Å². The van der Waals surface area contributed by atoms with Crippen LogP contribution in [0.3, 0.4) is 0 Å². The van der Waals surface area contributed by atoms with Crippen molar-refractivity contribution in [2.24, 2.45) is 5.92 Å². The van der Waals surface area contributed by atoms with Gasteiger partial charge in [0.15, 0.2) is 0 Å². The summed E-state index contributed by atoms with van der Waals surface area (Å²) in [4.78, 5) is 13.7. The molecule has 0 spiro atoms. The molecule has 0 aliphatic carbocycles. The first-order valence-electron chi connectivity index (χ1n) is 5.42. The van der Waals surface area contributed by atoms with Crippen LogP contribution in [0.1, 0.15) is 40.0 Å². The summed E-state index contributed by atoms with van der Waals surface area (Å²) in [6.07, 6.45) is 3.25. The lowest BCUT2D eigenvalue weighted by molar-refractivity contribution is -0.126. The highest BCUT2D eigenvalue weighted by atomic mass is 16.1. The third kappa shape index (κ3) is 2.80. The summed E-state index contributed by atoms with van der Waals surface area (Å²) in [6.45, 7) is 8.48.